The summed E-state index contributed by atoms with van der Waals surface area (Å²) in [4.78, 5) is 4.22. The van der Waals surface area contributed by atoms with E-state index in [9.17, 15) is 0 Å². The van der Waals surface area contributed by atoms with Gasteiger partial charge >= 0.3 is 0 Å². The molecule has 1 nitrogen and oxygen atoms in total. The van der Waals surface area contributed by atoms with Crippen LogP contribution in [-0.4, -0.2) is 4.98 Å². The molecule has 0 radical (unpaired) electrons. The van der Waals surface area contributed by atoms with Gasteiger partial charge in [-0.05, 0) is 36.8 Å². The Bertz CT molecular complexity index is 390. The summed E-state index contributed by atoms with van der Waals surface area (Å²) in [5.41, 5.74) is 2.06. The van der Waals surface area contributed by atoms with Crippen molar-refractivity contribution in [2.24, 2.45) is 5.92 Å². The van der Waals surface area contributed by atoms with Crippen LogP contribution in [0.5, 0.6) is 0 Å². The van der Waals surface area contributed by atoms with Crippen molar-refractivity contribution in [1.82, 2.24) is 4.98 Å². The van der Waals surface area contributed by atoms with Crippen LogP contribution in [0.15, 0.2) is 18.3 Å². The first-order valence-electron chi connectivity index (χ1n) is 7.64. The molecule has 1 saturated carbocycles. The summed E-state index contributed by atoms with van der Waals surface area (Å²) in [7, 11) is 0. The van der Waals surface area contributed by atoms with Gasteiger partial charge in [-0.25, -0.2) is 4.98 Å². The van der Waals surface area contributed by atoms with Gasteiger partial charge in [-0.1, -0.05) is 57.9 Å². The zero-order valence-corrected chi connectivity index (χ0v) is 12.7. The molecule has 2 rings (SSSR count). The van der Waals surface area contributed by atoms with Gasteiger partial charge in [0.15, 0.2) is 0 Å². The molecule has 104 valence electrons. The molecule has 0 aliphatic heterocycles. The fourth-order valence-corrected chi connectivity index (χ4v) is 1.77. The smallest absolute Gasteiger partial charge is 0.113 e. The van der Waals surface area contributed by atoms with Gasteiger partial charge in [0.2, 0.25) is 0 Å². The largest absolute Gasteiger partial charge is 0.248 e. The molecule has 1 fully saturated rings. The molecule has 19 heavy (non-hydrogen) atoms. The Morgan fingerprint density at radius 3 is 2.47 bits per heavy atom. The molecule has 0 unspecified atom stereocenters. The van der Waals surface area contributed by atoms with Crippen molar-refractivity contribution in [3.05, 3.63) is 29.6 Å². The van der Waals surface area contributed by atoms with Crippen LogP contribution in [-0.2, 0) is 0 Å². The van der Waals surface area contributed by atoms with Crippen LogP contribution in [0, 0.1) is 24.7 Å². The molecule has 0 bridgehead atoms. The van der Waals surface area contributed by atoms with Gasteiger partial charge in [-0.2, -0.15) is 0 Å². The lowest BCUT2D eigenvalue weighted by Crippen LogP contribution is -2.04. The normalized spacial score (nSPS) is 13.6. The fraction of sp³-hybridized carbons (Fsp3) is 0.611. The van der Waals surface area contributed by atoms with Crippen LogP contribution in [0.3, 0.4) is 0 Å². The van der Waals surface area contributed by atoms with E-state index in [1.807, 2.05) is 25.3 Å². The second-order valence-electron chi connectivity index (χ2n) is 5.52. The second-order valence-corrected chi connectivity index (χ2v) is 5.52. The molecule has 1 aromatic heterocycles. The minimum Gasteiger partial charge on any atom is -0.248 e. The molecule has 1 heteroatoms. The van der Waals surface area contributed by atoms with Gasteiger partial charge in [-0.3, -0.25) is 0 Å². The molecule has 1 heterocycles. The summed E-state index contributed by atoms with van der Waals surface area (Å²) in [6.45, 7) is 6.55. The Balaban J connectivity index is 0.000000300. The van der Waals surface area contributed by atoms with Gasteiger partial charge in [0, 0.05) is 12.6 Å². The number of hydrogen-bond acceptors (Lipinski definition) is 1. The predicted molar refractivity (Wildman–Crippen MR) is 83.0 cm³/mol. The van der Waals surface area contributed by atoms with Crippen LogP contribution < -0.4 is 0 Å². The van der Waals surface area contributed by atoms with Crippen molar-refractivity contribution >= 4 is 0 Å². The summed E-state index contributed by atoms with van der Waals surface area (Å²) in [6.07, 6.45) is 11.0. The van der Waals surface area contributed by atoms with Crippen LogP contribution >= 0.6 is 0 Å². The lowest BCUT2D eigenvalue weighted by Gasteiger charge is -2.18. The highest BCUT2D eigenvalue weighted by atomic mass is 14.7. The van der Waals surface area contributed by atoms with Crippen LogP contribution in [0.2, 0.25) is 0 Å². The topological polar surface area (TPSA) is 12.9 Å². The van der Waals surface area contributed by atoms with Crippen molar-refractivity contribution in [2.45, 2.75) is 65.7 Å². The number of rotatable bonds is 3. The van der Waals surface area contributed by atoms with E-state index in [2.05, 4.69) is 30.7 Å². The number of aryl methyl sites for hydroxylation is 1. The summed E-state index contributed by atoms with van der Waals surface area (Å²) < 4.78 is 0. The number of pyridine rings is 1. The summed E-state index contributed by atoms with van der Waals surface area (Å²) in [5, 5.41) is 0. The number of nitrogens with zero attached hydrogens (tertiary/aromatic N) is 1. The van der Waals surface area contributed by atoms with E-state index in [0.29, 0.717) is 0 Å². The molecule has 1 aliphatic carbocycles. The lowest BCUT2D eigenvalue weighted by molar-refractivity contribution is 0.346. The minimum atomic E-state index is 0.882. The molecule has 0 amide bonds. The third-order valence-corrected chi connectivity index (χ3v) is 3.43. The molecule has 1 aliphatic rings. The maximum atomic E-state index is 4.22. The van der Waals surface area contributed by atoms with E-state index in [0.717, 1.165) is 18.0 Å². The lowest BCUT2D eigenvalue weighted by atomic mass is 9.88. The summed E-state index contributed by atoms with van der Waals surface area (Å²) in [5.74, 6) is 7.28. The number of aromatic nitrogens is 1. The Hall–Kier alpha value is -1.29. The first-order valence-corrected chi connectivity index (χ1v) is 7.64. The molecule has 0 aromatic carbocycles. The predicted octanol–water partition coefficient (Wildman–Crippen LogP) is 5.13. The third kappa shape index (κ3) is 7.67. The highest BCUT2D eigenvalue weighted by Crippen LogP contribution is 2.24. The van der Waals surface area contributed by atoms with E-state index in [4.69, 9.17) is 0 Å². The molecule has 0 saturated heterocycles. The molecule has 0 atom stereocenters. The average Bonchev–Trinajstić information content (AvgIpc) is 2.39. The van der Waals surface area contributed by atoms with Gasteiger partial charge < -0.3 is 0 Å². The summed E-state index contributed by atoms with van der Waals surface area (Å²) >= 11 is 0. The quantitative estimate of drug-likeness (QED) is 0.540. The van der Waals surface area contributed by atoms with Crippen LogP contribution in [0.25, 0.3) is 0 Å². The number of hydrogen-bond donors (Lipinski definition) is 0. The van der Waals surface area contributed by atoms with Gasteiger partial charge in [-0.15, -0.1) is 0 Å². The van der Waals surface area contributed by atoms with E-state index < -0.39 is 0 Å². The average molecular weight is 257 g/mol. The van der Waals surface area contributed by atoms with Gasteiger partial charge in [0.25, 0.3) is 0 Å². The highest BCUT2D eigenvalue weighted by Gasteiger charge is 2.09. The van der Waals surface area contributed by atoms with E-state index >= 15 is 0 Å². The Labute approximate surface area is 118 Å². The van der Waals surface area contributed by atoms with E-state index in [1.165, 1.54) is 44.1 Å². The number of unbranched alkanes of at least 4 members (excludes halogenated alkanes) is 3. The maximum absolute atomic E-state index is 4.22. The molecule has 0 N–H and O–H groups in total. The second kappa shape index (κ2) is 9.62. The van der Waals surface area contributed by atoms with Gasteiger partial charge in [0.1, 0.15) is 5.69 Å². The Morgan fingerprint density at radius 2 is 2.00 bits per heavy atom. The highest BCUT2D eigenvalue weighted by molar-refractivity contribution is 5.28. The standard InChI is InChI=1S/C13H17N.C5H10/c1-3-4-5-6-7-8-13-10-9-12(2)11-14-13;1-5-3-2-4-5/h9-11H,3-6H2,1-2H3;5H,2-4H2,1H3. The zero-order valence-electron chi connectivity index (χ0n) is 12.7. The van der Waals surface area contributed by atoms with Crippen LogP contribution in [0.4, 0.5) is 0 Å². The van der Waals surface area contributed by atoms with Crippen molar-refractivity contribution < 1.29 is 0 Å². The van der Waals surface area contributed by atoms with Crippen molar-refractivity contribution in [3.8, 4) is 11.8 Å². The molecular formula is C18H27N. The Kier molecular flexibility index (Phi) is 7.98. The van der Waals surface area contributed by atoms with Crippen molar-refractivity contribution in [1.29, 1.82) is 0 Å². The Morgan fingerprint density at radius 1 is 1.26 bits per heavy atom. The minimum absolute atomic E-state index is 0.882. The molecule has 0 spiro atoms. The maximum Gasteiger partial charge on any atom is 0.113 e. The van der Waals surface area contributed by atoms with Gasteiger partial charge in [0.05, 0.1) is 0 Å². The van der Waals surface area contributed by atoms with E-state index in [1.54, 1.807) is 0 Å². The van der Waals surface area contributed by atoms with Crippen molar-refractivity contribution in [2.75, 3.05) is 0 Å². The molecular weight excluding hydrogens is 230 g/mol. The zero-order chi connectivity index (χ0) is 13.9. The van der Waals surface area contributed by atoms with E-state index in [-0.39, 0.29) is 0 Å². The first kappa shape index (κ1) is 15.8. The monoisotopic (exact) mass is 257 g/mol. The van der Waals surface area contributed by atoms with Crippen molar-refractivity contribution in [3.63, 3.8) is 0 Å². The summed E-state index contributed by atoms with van der Waals surface area (Å²) in [6, 6.07) is 4.02. The SMILES string of the molecule is CC1CCC1.CCCCCC#Cc1ccc(C)cn1. The third-order valence-electron chi connectivity index (χ3n) is 3.43. The first-order chi connectivity index (χ1) is 9.22. The van der Waals surface area contributed by atoms with Crippen LogP contribution in [0.1, 0.15) is 70.1 Å². The fourth-order valence-electron chi connectivity index (χ4n) is 1.77. The molecule has 1 aromatic rings.